The van der Waals surface area contributed by atoms with Gasteiger partial charge in [0.15, 0.2) is 0 Å². The Morgan fingerprint density at radius 1 is 1.00 bits per heavy atom. The largest absolute Gasteiger partial charge is 0.321 e. The number of unbranched alkanes of at least 4 members (excludes halogenated alkanes) is 1. The van der Waals surface area contributed by atoms with Crippen LogP contribution in [0.1, 0.15) is 40.5 Å². The molecule has 5 nitrogen and oxygen atoms in total. The van der Waals surface area contributed by atoms with Gasteiger partial charge in [-0.05, 0) is 48.2 Å². The van der Waals surface area contributed by atoms with E-state index in [1.165, 1.54) is 0 Å². The van der Waals surface area contributed by atoms with Crippen LogP contribution in [-0.4, -0.2) is 23.3 Å². The third kappa shape index (κ3) is 3.58. The molecule has 3 aromatic carbocycles. The van der Waals surface area contributed by atoms with Crippen molar-refractivity contribution in [2.75, 3.05) is 16.8 Å². The van der Waals surface area contributed by atoms with Crippen LogP contribution in [0.15, 0.2) is 78.2 Å². The minimum Gasteiger partial charge on any atom is -0.321 e. The number of hydrogen-bond donors (Lipinski definition) is 1. The number of nitrogens with one attached hydrogen (secondary N) is 1. The molecule has 35 heavy (non-hydrogen) atoms. The quantitative estimate of drug-likeness (QED) is 0.283. The number of para-hydroxylation sites is 1. The van der Waals surface area contributed by atoms with Crippen molar-refractivity contribution >= 4 is 56.2 Å². The van der Waals surface area contributed by atoms with Crippen molar-refractivity contribution in [3.05, 3.63) is 89.3 Å². The van der Waals surface area contributed by atoms with Crippen molar-refractivity contribution in [2.24, 2.45) is 0 Å². The molecule has 0 saturated carbocycles. The maximum Gasteiger partial charge on any atom is 0.258 e. The minimum absolute atomic E-state index is 0.0308. The summed E-state index contributed by atoms with van der Waals surface area (Å²) >= 11 is 1.60. The number of aromatic nitrogens is 1. The predicted molar refractivity (Wildman–Crippen MR) is 144 cm³/mol. The molecule has 0 atom stereocenters. The van der Waals surface area contributed by atoms with Crippen molar-refractivity contribution < 1.29 is 9.59 Å². The zero-order valence-corrected chi connectivity index (χ0v) is 20.1. The molecule has 2 amide bonds. The van der Waals surface area contributed by atoms with E-state index in [1.807, 2.05) is 83.1 Å². The molecule has 0 radical (unpaired) electrons. The fraction of sp³-hybridized carbons (Fsp3) is 0.138. The topological polar surface area (TPSA) is 62.3 Å². The molecule has 0 saturated heterocycles. The first-order valence-corrected chi connectivity index (χ1v) is 12.7. The van der Waals surface area contributed by atoms with Crippen LogP contribution in [0.2, 0.25) is 0 Å². The Labute approximate surface area is 207 Å². The molecular formula is C29H23N3O2S. The molecule has 0 fully saturated rings. The number of carbonyl (C=O) groups is 2. The molecule has 3 heterocycles. The normalized spacial score (nSPS) is 12.6. The summed E-state index contributed by atoms with van der Waals surface area (Å²) in [6, 6.07) is 23.1. The molecule has 6 rings (SSSR count). The van der Waals surface area contributed by atoms with Crippen LogP contribution in [0.4, 0.5) is 11.4 Å². The highest BCUT2D eigenvalue weighted by atomic mass is 32.1. The van der Waals surface area contributed by atoms with Crippen molar-refractivity contribution in [2.45, 2.75) is 19.8 Å². The van der Waals surface area contributed by atoms with Gasteiger partial charge >= 0.3 is 0 Å². The van der Waals surface area contributed by atoms with E-state index in [2.05, 4.69) is 12.2 Å². The lowest BCUT2D eigenvalue weighted by Crippen LogP contribution is -2.27. The first-order chi connectivity index (χ1) is 17.2. The van der Waals surface area contributed by atoms with E-state index in [0.29, 0.717) is 23.4 Å². The second kappa shape index (κ2) is 8.64. The summed E-state index contributed by atoms with van der Waals surface area (Å²) in [5.74, 6) is -0.169. The Morgan fingerprint density at radius 3 is 2.69 bits per heavy atom. The van der Waals surface area contributed by atoms with Crippen molar-refractivity contribution in [1.82, 2.24) is 4.98 Å². The lowest BCUT2D eigenvalue weighted by atomic mass is 10.0. The van der Waals surface area contributed by atoms with Crippen molar-refractivity contribution in [3.8, 4) is 10.6 Å². The number of amides is 2. The van der Waals surface area contributed by atoms with Gasteiger partial charge in [-0.2, -0.15) is 0 Å². The van der Waals surface area contributed by atoms with Gasteiger partial charge in [0.25, 0.3) is 11.8 Å². The van der Waals surface area contributed by atoms with Gasteiger partial charge in [0.05, 0.1) is 27.3 Å². The Morgan fingerprint density at radius 2 is 1.86 bits per heavy atom. The van der Waals surface area contributed by atoms with Gasteiger partial charge in [-0.15, -0.1) is 11.3 Å². The van der Waals surface area contributed by atoms with Crippen LogP contribution in [-0.2, 0) is 0 Å². The zero-order chi connectivity index (χ0) is 23.9. The summed E-state index contributed by atoms with van der Waals surface area (Å²) in [6.07, 6.45) is 1.96. The summed E-state index contributed by atoms with van der Waals surface area (Å²) in [7, 11) is 0. The highest BCUT2D eigenvalue weighted by molar-refractivity contribution is 7.13. The first-order valence-electron chi connectivity index (χ1n) is 11.8. The van der Waals surface area contributed by atoms with Crippen LogP contribution < -0.4 is 10.2 Å². The Balaban J connectivity index is 1.43. The standard InChI is InChI=1S/C29H23N3O2S/c1-2-3-15-32-25-14-13-23(19-9-6-10-20(27(19)25)29(32)34)31-28(33)21-17-24(26-12-7-16-35-26)30-22-11-5-4-8-18(21)22/h4-14,16-17H,2-3,15H2,1H3,(H,31,33). The number of rotatable bonds is 6. The number of pyridine rings is 1. The first kappa shape index (κ1) is 21.5. The number of hydrogen-bond acceptors (Lipinski definition) is 4. The maximum atomic E-state index is 13.6. The van der Waals surface area contributed by atoms with E-state index in [4.69, 9.17) is 4.98 Å². The van der Waals surface area contributed by atoms with Crippen molar-refractivity contribution in [3.63, 3.8) is 0 Å². The summed E-state index contributed by atoms with van der Waals surface area (Å²) in [6.45, 7) is 2.81. The molecule has 2 aromatic heterocycles. The van der Waals surface area contributed by atoms with Crippen LogP contribution in [0.25, 0.3) is 32.2 Å². The average molecular weight is 478 g/mol. The summed E-state index contributed by atoms with van der Waals surface area (Å²) < 4.78 is 0. The summed E-state index contributed by atoms with van der Waals surface area (Å²) in [5.41, 5.74) is 4.44. The highest BCUT2D eigenvalue weighted by Crippen LogP contribution is 2.41. The van der Waals surface area contributed by atoms with Crippen molar-refractivity contribution in [1.29, 1.82) is 0 Å². The molecule has 1 aliphatic heterocycles. The molecule has 0 unspecified atom stereocenters. The van der Waals surface area contributed by atoms with Gasteiger partial charge in [-0.3, -0.25) is 9.59 Å². The number of nitrogens with zero attached hydrogens (tertiary/aromatic N) is 2. The lowest BCUT2D eigenvalue weighted by Gasteiger charge is -2.18. The number of carbonyl (C=O) groups excluding carboxylic acids is 2. The van der Waals surface area contributed by atoms with E-state index < -0.39 is 0 Å². The Kier molecular flexibility index (Phi) is 5.30. The molecular weight excluding hydrogens is 454 g/mol. The molecule has 1 aliphatic rings. The number of benzene rings is 3. The van der Waals surface area contributed by atoms with Crippen LogP contribution in [0.5, 0.6) is 0 Å². The average Bonchev–Trinajstić information content (AvgIpc) is 3.52. The second-order valence-corrected chi connectivity index (χ2v) is 9.62. The molecule has 0 aliphatic carbocycles. The summed E-state index contributed by atoms with van der Waals surface area (Å²) in [4.78, 5) is 34.4. The van der Waals surface area contributed by atoms with E-state index in [9.17, 15) is 9.59 Å². The third-order valence-corrected chi connectivity index (χ3v) is 7.40. The van der Waals surface area contributed by atoms with Gasteiger partial charge in [0, 0.05) is 34.0 Å². The second-order valence-electron chi connectivity index (χ2n) is 8.67. The number of anilines is 2. The number of thiophene rings is 1. The molecule has 0 spiro atoms. The fourth-order valence-electron chi connectivity index (χ4n) is 4.80. The maximum absolute atomic E-state index is 13.6. The lowest BCUT2D eigenvalue weighted by molar-refractivity contribution is 0.0991. The monoisotopic (exact) mass is 477 g/mol. The molecule has 6 heteroatoms. The number of fused-ring (bicyclic) bond motifs is 1. The van der Waals surface area contributed by atoms with E-state index in [0.717, 1.165) is 50.8 Å². The molecule has 5 aromatic rings. The smallest absolute Gasteiger partial charge is 0.258 e. The zero-order valence-electron chi connectivity index (χ0n) is 19.2. The van der Waals surface area contributed by atoms with Gasteiger partial charge < -0.3 is 10.2 Å². The van der Waals surface area contributed by atoms with Gasteiger partial charge in [-0.1, -0.05) is 49.7 Å². The van der Waals surface area contributed by atoms with Crippen LogP contribution in [0, 0.1) is 0 Å². The Hall–Kier alpha value is -4.03. The third-order valence-electron chi connectivity index (χ3n) is 6.50. The highest BCUT2D eigenvalue weighted by Gasteiger charge is 2.30. The van der Waals surface area contributed by atoms with Gasteiger partial charge in [0.2, 0.25) is 0 Å². The molecule has 1 N–H and O–H groups in total. The van der Waals surface area contributed by atoms with E-state index in [1.54, 1.807) is 11.3 Å². The minimum atomic E-state index is -0.200. The van der Waals surface area contributed by atoms with E-state index >= 15 is 0 Å². The molecule has 0 bridgehead atoms. The van der Waals surface area contributed by atoms with Gasteiger partial charge in [0.1, 0.15) is 0 Å². The Bertz CT molecular complexity index is 1610. The molecule has 172 valence electrons. The predicted octanol–water partition coefficient (Wildman–Crippen LogP) is 7.13. The van der Waals surface area contributed by atoms with Crippen LogP contribution >= 0.6 is 11.3 Å². The fourth-order valence-corrected chi connectivity index (χ4v) is 5.48. The SMILES string of the molecule is CCCCN1C(=O)c2cccc3c(NC(=O)c4cc(-c5cccs5)nc5ccccc45)ccc1c23. The summed E-state index contributed by atoms with van der Waals surface area (Å²) in [5, 5.41) is 7.71. The van der Waals surface area contributed by atoms with Gasteiger partial charge in [-0.25, -0.2) is 4.98 Å². The van der Waals surface area contributed by atoms with Crippen LogP contribution in [0.3, 0.4) is 0 Å². The van der Waals surface area contributed by atoms with E-state index in [-0.39, 0.29) is 11.8 Å².